The van der Waals surface area contributed by atoms with Gasteiger partial charge in [-0.1, -0.05) is 35.9 Å². The molecule has 1 aromatic carbocycles. The van der Waals surface area contributed by atoms with Gasteiger partial charge in [-0.2, -0.15) is 0 Å². The first kappa shape index (κ1) is 20.0. The van der Waals surface area contributed by atoms with E-state index < -0.39 is 5.54 Å². The van der Waals surface area contributed by atoms with Crippen LogP contribution in [0.25, 0.3) is 0 Å². The third-order valence-corrected chi connectivity index (χ3v) is 7.68. The van der Waals surface area contributed by atoms with Gasteiger partial charge in [0.2, 0.25) is 0 Å². The Morgan fingerprint density at radius 2 is 1.80 bits per heavy atom. The fourth-order valence-corrected chi connectivity index (χ4v) is 6.02. The van der Waals surface area contributed by atoms with E-state index in [1.807, 2.05) is 24.3 Å². The van der Waals surface area contributed by atoms with Gasteiger partial charge >= 0.3 is 6.03 Å². The van der Waals surface area contributed by atoms with Crippen molar-refractivity contribution in [3.8, 4) is 0 Å². The lowest BCUT2D eigenvalue weighted by molar-refractivity contribution is -0.134. The molecule has 3 aliphatic rings. The number of piperazine rings is 1. The average Bonchev–Trinajstić information content (AvgIpc) is 3.26. The highest BCUT2D eigenvalue weighted by Gasteiger charge is 2.54. The maximum Gasteiger partial charge on any atom is 0.326 e. The number of nitrogens with zero attached hydrogens (tertiary/aromatic N) is 3. The highest BCUT2D eigenvalue weighted by molar-refractivity contribution is 7.16. The van der Waals surface area contributed by atoms with Crippen LogP contribution in [0.15, 0.2) is 36.4 Å². The van der Waals surface area contributed by atoms with E-state index in [9.17, 15) is 9.59 Å². The highest BCUT2D eigenvalue weighted by atomic mass is 35.5. The molecule has 0 saturated carbocycles. The number of carbonyl (C=O) groups excluding carboxylic acids is 2. The largest absolute Gasteiger partial charge is 0.326 e. The molecule has 1 atom stereocenters. The summed E-state index contributed by atoms with van der Waals surface area (Å²) in [6, 6.07) is 11.8. The van der Waals surface area contributed by atoms with Crippen molar-refractivity contribution < 1.29 is 9.59 Å². The Balaban J connectivity index is 1.24. The summed E-state index contributed by atoms with van der Waals surface area (Å²) in [5.41, 5.74) is 1.25. The smallest absolute Gasteiger partial charge is 0.319 e. The zero-order valence-corrected chi connectivity index (χ0v) is 18.3. The first-order valence-electron chi connectivity index (χ1n) is 10.5. The van der Waals surface area contributed by atoms with E-state index in [1.165, 1.54) is 15.3 Å². The molecule has 1 N–H and O–H groups in total. The van der Waals surface area contributed by atoms with E-state index in [4.69, 9.17) is 11.6 Å². The molecular weight excluding hydrogens is 420 g/mol. The van der Waals surface area contributed by atoms with E-state index in [1.54, 1.807) is 11.3 Å². The second-order valence-corrected chi connectivity index (χ2v) is 10.1. The molecule has 6 nitrogen and oxygen atoms in total. The zero-order chi connectivity index (χ0) is 20.7. The van der Waals surface area contributed by atoms with Crippen LogP contribution in [0.4, 0.5) is 4.79 Å². The Hall–Kier alpha value is -1.93. The number of benzene rings is 1. The van der Waals surface area contributed by atoms with Gasteiger partial charge in [0.05, 0.1) is 11.0 Å². The number of carbonyl (C=O) groups is 2. The summed E-state index contributed by atoms with van der Waals surface area (Å²) in [5.74, 6) is -0.102. The van der Waals surface area contributed by atoms with Crippen LogP contribution < -0.4 is 5.32 Å². The van der Waals surface area contributed by atoms with Crippen LogP contribution in [0.3, 0.4) is 0 Å². The molecular formula is C22H25ClN4O2S. The van der Waals surface area contributed by atoms with Crippen LogP contribution in [0.5, 0.6) is 0 Å². The van der Waals surface area contributed by atoms with Crippen LogP contribution in [0.2, 0.25) is 4.34 Å². The van der Waals surface area contributed by atoms with Gasteiger partial charge in [0.25, 0.3) is 5.91 Å². The first-order chi connectivity index (χ1) is 14.5. The number of hydrogen-bond donors (Lipinski definition) is 1. The standard InChI is InChI=1S/C22H25ClN4O2S/c23-19-8-7-17(30-19)14-25-10-12-26(13-11-25)15-27-20(28)22(24-21(27)29)9-3-5-16-4-1-2-6-18(16)22/h1-2,4,6-8H,3,5,9-15H2,(H,24,29)/t22-/m0/s1. The molecule has 158 valence electrons. The van der Waals surface area contributed by atoms with Crippen LogP contribution in [0.1, 0.15) is 28.8 Å². The highest BCUT2D eigenvalue weighted by Crippen LogP contribution is 2.39. The lowest BCUT2D eigenvalue weighted by atomic mass is 9.76. The van der Waals surface area contributed by atoms with Crippen molar-refractivity contribution in [1.82, 2.24) is 20.0 Å². The summed E-state index contributed by atoms with van der Waals surface area (Å²) in [4.78, 5) is 33.5. The Labute approximate surface area is 185 Å². The van der Waals surface area contributed by atoms with Crippen molar-refractivity contribution in [2.75, 3.05) is 32.8 Å². The molecule has 3 heterocycles. The molecule has 2 aliphatic heterocycles. The summed E-state index contributed by atoms with van der Waals surface area (Å²) < 4.78 is 0.820. The minimum Gasteiger partial charge on any atom is -0.319 e. The number of nitrogens with one attached hydrogen (secondary N) is 1. The number of thiophene rings is 1. The molecule has 1 aliphatic carbocycles. The molecule has 0 bridgehead atoms. The Morgan fingerprint density at radius 3 is 2.57 bits per heavy atom. The molecule has 3 amide bonds. The number of rotatable bonds is 4. The third-order valence-electron chi connectivity index (χ3n) is 6.47. The Bertz CT molecular complexity index is 972. The summed E-state index contributed by atoms with van der Waals surface area (Å²) in [6.07, 6.45) is 2.53. The van der Waals surface area contributed by atoms with Gasteiger partial charge in [-0.05, 0) is 42.5 Å². The summed E-state index contributed by atoms with van der Waals surface area (Å²) in [7, 11) is 0. The van der Waals surface area contributed by atoms with E-state index in [-0.39, 0.29) is 11.9 Å². The molecule has 2 fully saturated rings. The lowest BCUT2D eigenvalue weighted by Gasteiger charge is -2.36. The van der Waals surface area contributed by atoms with Crippen molar-refractivity contribution in [2.24, 2.45) is 0 Å². The number of urea groups is 1. The molecule has 5 rings (SSSR count). The van der Waals surface area contributed by atoms with Crippen molar-refractivity contribution in [2.45, 2.75) is 31.3 Å². The van der Waals surface area contributed by atoms with Crippen molar-refractivity contribution in [3.05, 3.63) is 56.7 Å². The van der Waals surface area contributed by atoms with Crippen molar-refractivity contribution in [1.29, 1.82) is 0 Å². The van der Waals surface area contributed by atoms with Crippen molar-refractivity contribution >= 4 is 34.9 Å². The maximum atomic E-state index is 13.4. The molecule has 1 aromatic heterocycles. The Kier molecular flexibility index (Phi) is 5.31. The van der Waals surface area contributed by atoms with Crippen LogP contribution in [-0.2, 0) is 23.3 Å². The number of imide groups is 1. The maximum absolute atomic E-state index is 13.4. The minimum absolute atomic E-state index is 0.102. The molecule has 30 heavy (non-hydrogen) atoms. The fraction of sp³-hybridized carbons (Fsp3) is 0.455. The number of fused-ring (bicyclic) bond motifs is 2. The molecule has 0 radical (unpaired) electrons. The van der Waals surface area contributed by atoms with E-state index in [0.717, 1.165) is 55.5 Å². The van der Waals surface area contributed by atoms with Crippen molar-refractivity contribution in [3.63, 3.8) is 0 Å². The van der Waals surface area contributed by atoms with Gasteiger partial charge in [0, 0.05) is 37.6 Å². The fourth-order valence-electron chi connectivity index (χ4n) is 4.89. The molecule has 2 aromatic rings. The predicted octanol–water partition coefficient (Wildman–Crippen LogP) is 3.26. The topological polar surface area (TPSA) is 55.9 Å². The quantitative estimate of drug-likeness (QED) is 0.735. The van der Waals surface area contributed by atoms with Gasteiger partial charge in [0.15, 0.2) is 0 Å². The SMILES string of the molecule is O=C1N[C@]2(CCCc3ccccc32)C(=O)N1CN1CCN(Cc2ccc(Cl)s2)CC1. The second kappa shape index (κ2) is 7.96. The first-order valence-corrected chi connectivity index (χ1v) is 11.7. The summed E-state index contributed by atoms with van der Waals surface area (Å²) in [6.45, 7) is 4.74. The molecule has 0 unspecified atom stereocenters. The van der Waals surface area contributed by atoms with E-state index in [2.05, 4.69) is 27.2 Å². The van der Waals surface area contributed by atoms with Gasteiger partial charge in [-0.15, -0.1) is 11.3 Å². The Morgan fingerprint density at radius 1 is 1.03 bits per heavy atom. The summed E-state index contributed by atoms with van der Waals surface area (Å²) in [5, 5.41) is 3.05. The minimum atomic E-state index is -0.883. The third kappa shape index (κ3) is 3.54. The van der Waals surface area contributed by atoms with Crippen LogP contribution >= 0.6 is 22.9 Å². The number of aryl methyl sites for hydroxylation is 1. The number of amides is 3. The van der Waals surface area contributed by atoms with Gasteiger partial charge in [-0.3, -0.25) is 14.6 Å². The van der Waals surface area contributed by atoms with Crippen LogP contribution in [0, 0.1) is 0 Å². The second-order valence-electron chi connectivity index (χ2n) is 8.32. The zero-order valence-electron chi connectivity index (χ0n) is 16.8. The molecule has 2 saturated heterocycles. The monoisotopic (exact) mass is 444 g/mol. The van der Waals surface area contributed by atoms with Crippen LogP contribution in [-0.4, -0.2) is 59.5 Å². The average molecular weight is 445 g/mol. The predicted molar refractivity (Wildman–Crippen MR) is 117 cm³/mol. The number of halogens is 1. The van der Waals surface area contributed by atoms with E-state index >= 15 is 0 Å². The van der Waals surface area contributed by atoms with Gasteiger partial charge in [-0.25, -0.2) is 9.69 Å². The van der Waals surface area contributed by atoms with Gasteiger partial charge in [0.1, 0.15) is 5.54 Å². The lowest BCUT2D eigenvalue weighted by Crippen LogP contribution is -2.51. The molecule has 1 spiro atoms. The normalized spacial score (nSPS) is 25.0. The summed E-state index contributed by atoms with van der Waals surface area (Å²) >= 11 is 7.65. The van der Waals surface area contributed by atoms with Gasteiger partial charge < -0.3 is 5.32 Å². The van der Waals surface area contributed by atoms with E-state index in [0.29, 0.717) is 13.1 Å². The number of hydrogen-bond acceptors (Lipinski definition) is 5. The molecule has 8 heteroatoms.